The number of nitrogens with one attached hydrogen (secondary N) is 2. The van der Waals surface area contributed by atoms with Gasteiger partial charge >= 0.3 is 0 Å². The highest BCUT2D eigenvalue weighted by Gasteiger charge is 2.05. The number of aromatic nitrogens is 1. The highest BCUT2D eigenvalue weighted by Crippen LogP contribution is 2.17. The molecule has 0 fully saturated rings. The van der Waals surface area contributed by atoms with Gasteiger partial charge in [-0.15, -0.1) is 0 Å². The van der Waals surface area contributed by atoms with Crippen molar-refractivity contribution in [3.8, 4) is 0 Å². The number of fused-ring (bicyclic) bond motifs is 1. The molecule has 18 heavy (non-hydrogen) atoms. The molecule has 0 atom stereocenters. The number of ether oxygens (including phenoxy) is 2. The summed E-state index contributed by atoms with van der Waals surface area (Å²) in [5, 5.41) is 4.63. The molecule has 2 aromatic rings. The second-order valence-electron chi connectivity index (χ2n) is 4.21. The lowest BCUT2D eigenvalue weighted by Crippen LogP contribution is -2.31. The predicted octanol–water partition coefficient (Wildman–Crippen LogP) is 1.92. The van der Waals surface area contributed by atoms with Crippen LogP contribution in [0.15, 0.2) is 30.5 Å². The summed E-state index contributed by atoms with van der Waals surface area (Å²) in [6.07, 6.45) is 2.90. The fourth-order valence-electron chi connectivity index (χ4n) is 2.04. The average molecular weight is 248 g/mol. The third kappa shape index (κ3) is 3.10. The molecular weight excluding hydrogens is 228 g/mol. The van der Waals surface area contributed by atoms with Crippen LogP contribution >= 0.6 is 0 Å². The van der Waals surface area contributed by atoms with Gasteiger partial charge in [-0.3, -0.25) is 0 Å². The largest absolute Gasteiger partial charge is 0.361 e. The highest BCUT2D eigenvalue weighted by molar-refractivity contribution is 5.83. The van der Waals surface area contributed by atoms with Gasteiger partial charge in [0.1, 0.15) is 0 Å². The quantitative estimate of drug-likeness (QED) is 0.581. The Morgan fingerprint density at radius 3 is 2.78 bits per heavy atom. The van der Waals surface area contributed by atoms with Crippen molar-refractivity contribution in [3.05, 3.63) is 36.0 Å². The zero-order valence-corrected chi connectivity index (χ0v) is 10.9. The van der Waals surface area contributed by atoms with Gasteiger partial charge in [0.05, 0.1) is 0 Å². The second kappa shape index (κ2) is 6.54. The Morgan fingerprint density at radius 2 is 2.00 bits per heavy atom. The summed E-state index contributed by atoms with van der Waals surface area (Å²) in [6, 6.07) is 8.36. The summed E-state index contributed by atoms with van der Waals surface area (Å²) in [7, 11) is 3.30. The molecule has 98 valence electrons. The van der Waals surface area contributed by atoms with Gasteiger partial charge < -0.3 is 19.8 Å². The predicted molar refractivity (Wildman–Crippen MR) is 72.7 cm³/mol. The lowest BCUT2D eigenvalue weighted by Gasteiger charge is -2.13. The Morgan fingerprint density at radius 1 is 1.22 bits per heavy atom. The minimum Gasteiger partial charge on any atom is -0.361 e. The Kier molecular flexibility index (Phi) is 4.75. The van der Waals surface area contributed by atoms with E-state index < -0.39 is 0 Å². The molecule has 0 saturated heterocycles. The summed E-state index contributed by atoms with van der Waals surface area (Å²) in [4.78, 5) is 3.28. The maximum Gasteiger partial charge on any atom is 0.169 e. The van der Waals surface area contributed by atoms with Crippen molar-refractivity contribution in [2.45, 2.75) is 12.7 Å². The molecule has 0 unspecified atom stereocenters. The van der Waals surface area contributed by atoms with Gasteiger partial charge in [0.25, 0.3) is 0 Å². The molecule has 0 bridgehead atoms. The van der Waals surface area contributed by atoms with E-state index in [0.717, 1.165) is 13.0 Å². The van der Waals surface area contributed by atoms with Crippen molar-refractivity contribution >= 4 is 10.9 Å². The lowest BCUT2D eigenvalue weighted by molar-refractivity contribution is -0.0986. The Balaban J connectivity index is 1.83. The van der Waals surface area contributed by atoms with Crippen LogP contribution in [-0.2, 0) is 15.9 Å². The van der Waals surface area contributed by atoms with Crippen LogP contribution in [0.4, 0.5) is 0 Å². The third-order valence-electron chi connectivity index (χ3n) is 3.08. The van der Waals surface area contributed by atoms with E-state index in [1.165, 1.54) is 16.5 Å². The summed E-state index contributed by atoms with van der Waals surface area (Å²) in [5.74, 6) is 0. The first-order valence-electron chi connectivity index (χ1n) is 6.16. The number of methoxy groups -OCH3 is 2. The van der Waals surface area contributed by atoms with Crippen LogP contribution in [0.5, 0.6) is 0 Å². The molecule has 0 aliphatic carbocycles. The molecule has 2 rings (SSSR count). The molecule has 4 heteroatoms. The molecule has 0 spiro atoms. The summed E-state index contributed by atoms with van der Waals surface area (Å²) in [6.45, 7) is 1.61. The highest BCUT2D eigenvalue weighted by atomic mass is 16.7. The van der Waals surface area contributed by atoms with Gasteiger partial charge in [0.2, 0.25) is 0 Å². The first kappa shape index (κ1) is 13.1. The van der Waals surface area contributed by atoms with Gasteiger partial charge in [0.15, 0.2) is 6.29 Å². The van der Waals surface area contributed by atoms with E-state index in [2.05, 4.69) is 34.7 Å². The maximum absolute atomic E-state index is 5.12. The zero-order valence-electron chi connectivity index (χ0n) is 10.9. The molecule has 1 heterocycles. The van der Waals surface area contributed by atoms with Crippen LogP contribution in [0.2, 0.25) is 0 Å². The summed E-state index contributed by atoms with van der Waals surface area (Å²) < 4.78 is 10.2. The molecule has 1 aromatic carbocycles. The van der Waals surface area contributed by atoms with Gasteiger partial charge in [0, 0.05) is 37.9 Å². The van der Waals surface area contributed by atoms with E-state index >= 15 is 0 Å². The minimum absolute atomic E-state index is 0.173. The fourth-order valence-corrected chi connectivity index (χ4v) is 2.04. The number of hydrogen-bond acceptors (Lipinski definition) is 3. The fraction of sp³-hybridized carbons (Fsp3) is 0.429. The second-order valence-corrected chi connectivity index (χ2v) is 4.21. The van der Waals surface area contributed by atoms with Crippen molar-refractivity contribution in [2.24, 2.45) is 0 Å². The van der Waals surface area contributed by atoms with E-state index in [1.807, 2.05) is 6.07 Å². The molecule has 0 amide bonds. The first-order valence-corrected chi connectivity index (χ1v) is 6.16. The van der Waals surface area contributed by atoms with E-state index in [1.54, 1.807) is 14.2 Å². The van der Waals surface area contributed by atoms with Gasteiger partial charge in [-0.25, -0.2) is 0 Å². The molecule has 2 N–H and O–H groups in total. The van der Waals surface area contributed by atoms with E-state index in [0.29, 0.717) is 6.54 Å². The number of para-hydroxylation sites is 1. The number of H-pyrrole nitrogens is 1. The van der Waals surface area contributed by atoms with Crippen molar-refractivity contribution < 1.29 is 9.47 Å². The number of benzene rings is 1. The average Bonchev–Trinajstić information content (AvgIpc) is 2.82. The Hall–Kier alpha value is -1.36. The first-order chi connectivity index (χ1) is 8.85. The van der Waals surface area contributed by atoms with Crippen LogP contribution in [0.3, 0.4) is 0 Å². The number of aromatic amines is 1. The van der Waals surface area contributed by atoms with Gasteiger partial charge in [-0.2, -0.15) is 0 Å². The molecule has 1 aromatic heterocycles. The molecular formula is C14H20N2O2. The molecule has 4 nitrogen and oxygen atoms in total. The molecule has 0 radical (unpaired) electrons. The zero-order chi connectivity index (χ0) is 12.8. The van der Waals surface area contributed by atoms with Crippen LogP contribution in [0.25, 0.3) is 10.9 Å². The van der Waals surface area contributed by atoms with E-state index in [9.17, 15) is 0 Å². The maximum atomic E-state index is 5.12. The van der Waals surface area contributed by atoms with E-state index in [4.69, 9.17) is 9.47 Å². The summed E-state index contributed by atoms with van der Waals surface area (Å²) in [5.41, 5.74) is 2.53. The van der Waals surface area contributed by atoms with Crippen LogP contribution < -0.4 is 5.32 Å². The third-order valence-corrected chi connectivity index (χ3v) is 3.08. The topological polar surface area (TPSA) is 46.3 Å². The van der Waals surface area contributed by atoms with Crippen molar-refractivity contribution in [2.75, 3.05) is 27.3 Å². The van der Waals surface area contributed by atoms with Crippen LogP contribution in [0.1, 0.15) is 5.56 Å². The lowest BCUT2D eigenvalue weighted by atomic mass is 10.1. The number of rotatable bonds is 7. The normalized spacial score (nSPS) is 11.5. The standard InChI is InChI=1S/C14H20N2O2/c1-17-14(18-2)10-15-8-7-11-9-16-13-6-4-3-5-12(11)13/h3-6,9,14-16H,7-8,10H2,1-2H3. The summed E-state index contributed by atoms with van der Waals surface area (Å²) >= 11 is 0. The monoisotopic (exact) mass is 248 g/mol. The van der Waals surface area contributed by atoms with Gasteiger partial charge in [-0.05, 0) is 24.6 Å². The Bertz CT molecular complexity index is 477. The SMILES string of the molecule is COC(CNCCc1c[nH]c2ccccc12)OC. The van der Waals surface area contributed by atoms with Crippen molar-refractivity contribution in [1.82, 2.24) is 10.3 Å². The molecule has 0 aliphatic heterocycles. The van der Waals surface area contributed by atoms with Crippen molar-refractivity contribution in [3.63, 3.8) is 0 Å². The van der Waals surface area contributed by atoms with Crippen molar-refractivity contribution in [1.29, 1.82) is 0 Å². The Labute approximate surface area is 107 Å². The van der Waals surface area contributed by atoms with Crippen LogP contribution in [0, 0.1) is 0 Å². The van der Waals surface area contributed by atoms with Gasteiger partial charge in [-0.1, -0.05) is 18.2 Å². The number of hydrogen-bond donors (Lipinski definition) is 2. The molecule has 0 saturated carbocycles. The van der Waals surface area contributed by atoms with Crippen LogP contribution in [-0.4, -0.2) is 38.6 Å². The van der Waals surface area contributed by atoms with E-state index in [-0.39, 0.29) is 6.29 Å². The molecule has 0 aliphatic rings. The minimum atomic E-state index is -0.173. The smallest absolute Gasteiger partial charge is 0.169 e.